The van der Waals surface area contributed by atoms with Gasteiger partial charge in [0.15, 0.2) is 0 Å². The van der Waals surface area contributed by atoms with Gasteiger partial charge in [-0.1, -0.05) is 0 Å². The van der Waals surface area contributed by atoms with Gasteiger partial charge in [0.25, 0.3) is 11.8 Å². The molecule has 0 aliphatic heterocycles. The van der Waals surface area contributed by atoms with Gasteiger partial charge in [-0.05, 0) is 80.6 Å². The Bertz CT molecular complexity index is 1750. The number of aromatic nitrogens is 1. The molecule has 3 aromatic carbocycles. The molecule has 0 aliphatic carbocycles. The summed E-state index contributed by atoms with van der Waals surface area (Å²) in [5.41, 5.74) is -6.35. The molecule has 0 aliphatic rings. The average molecular weight is 644 g/mol. The number of methoxy groups -OCH3 is 1. The van der Waals surface area contributed by atoms with E-state index in [1.54, 1.807) is 24.3 Å². The van der Waals surface area contributed by atoms with Crippen LogP contribution in [0.5, 0.6) is 5.75 Å². The van der Waals surface area contributed by atoms with E-state index in [4.69, 9.17) is 4.74 Å². The van der Waals surface area contributed by atoms with Crippen LogP contribution in [-0.2, 0) is 18.5 Å². The van der Waals surface area contributed by atoms with Gasteiger partial charge in [-0.15, -0.1) is 0 Å². The van der Waals surface area contributed by atoms with Gasteiger partial charge >= 0.3 is 18.5 Å². The van der Waals surface area contributed by atoms with Crippen LogP contribution in [0.25, 0.3) is 5.69 Å². The molecule has 1 aromatic heterocycles. The number of ether oxygens (including phenoxy) is 1. The maximum atomic E-state index is 14.3. The summed E-state index contributed by atoms with van der Waals surface area (Å²) in [7, 11) is 1.46. The van der Waals surface area contributed by atoms with Crippen LogP contribution in [0, 0.1) is 13.8 Å². The Kier molecular flexibility index (Phi) is 8.68. The number of carbonyl (C=O) groups is 2. The summed E-state index contributed by atoms with van der Waals surface area (Å²) in [4.78, 5) is 25.7. The van der Waals surface area contributed by atoms with E-state index in [0.717, 1.165) is 16.7 Å². The first-order valence-electron chi connectivity index (χ1n) is 12.8. The number of nitrogens with zero attached hydrogens (tertiary/aromatic N) is 1. The molecule has 0 radical (unpaired) electrons. The lowest BCUT2D eigenvalue weighted by Gasteiger charge is -2.19. The number of amides is 2. The molecule has 45 heavy (non-hydrogen) atoms. The van der Waals surface area contributed by atoms with Crippen molar-refractivity contribution in [3.05, 3.63) is 106 Å². The summed E-state index contributed by atoms with van der Waals surface area (Å²) < 4.78 is 129. The van der Waals surface area contributed by atoms with Crippen molar-refractivity contribution in [1.82, 2.24) is 4.57 Å². The molecule has 0 saturated heterocycles. The van der Waals surface area contributed by atoms with Crippen LogP contribution in [0.1, 0.15) is 48.8 Å². The van der Waals surface area contributed by atoms with E-state index >= 15 is 0 Å². The second-order valence-electron chi connectivity index (χ2n) is 9.74. The molecular formula is C30H22F9N3O3. The van der Waals surface area contributed by atoms with Gasteiger partial charge in [0.1, 0.15) is 5.75 Å². The average Bonchev–Trinajstić information content (AvgIpc) is 3.25. The number of nitrogens with one attached hydrogen (secondary N) is 2. The fourth-order valence-electron chi connectivity index (χ4n) is 4.62. The zero-order valence-corrected chi connectivity index (χ0v) is 23.4. The predicted molar refractivity (Wildman–Crippen MR) is 146 cm³/mol. The summed E-state index contributed by atoms with van der Waals surface area (Å²) in [6.07, 6.45) is -15.6. The van der Waals surface area contributed by atoms with Crippen LogP contribution < -0.4 is 15.4 Å². The molecule has 1 heterocycles. The largest absolute Gasteiger partial charge is 0.497 e. The Morgan fingerprint density at radius 1 is 0.644 bits per heavy atom. The minimum Gasteiger partial charge on any atom is -0.497 e. The van der Waals surface area contributed by atoms with Crippen molar-refractivity contribution < 1.29 is 53.8 Å². The van der Waals surface area contributed by atoms with Gasteiger partial charge in [0.2, 0.25) is 0 Å². The Morgan fingerprint density at radius 2 is 1.20 bits per heavy atom. The number of halogens is 9. The number of aryl methyl sites for hydroxylation is 1. The van der Waals surface area contributed by atoms with Crippen LogP contribution in [0.3, 0.4) is 0 Å². The Labute approximate surface area is 249 Å². The third-order valence-electron chi connectivity index (χ3n) is 6.72. The van der Waals surface area contributed by atoms with Crippen molar-refractivity contribution in [3.63, 3.8) is 0 Å². The zero-order chi connectivity index (χ0) is 33.5. The van der Waals surface area contributed by atoms with Gasteiger partial charge in [0, 0.05) is 22.8 Å². The van der Waals surface area contributed by atoms with Crippen LogP contribution in [-0.4, -0.2) is 23.5 Å². The lowest BCUT2D eigenvalue weighted by Crippen LogP contribution is -2.21. The van der Waals surface area contributed by atoms with Gasteiger partial charge in [0.05, 0.1) is 40.6 Å². The van der Waals surface area contributed by atoms with Gasteiger partial charge < -0.3 is 19.9 Å². The highest BCUT2D eigenvalue weighted by Gasteiger charge is 2.40. The smallest absolute Gasteiger partial charge is 0.418 e. The summed E-state index contributed by atoms with van der Waals surface area (Å²) >= 11 is 0. The maximum absolute atomic E-state index is 14.3. The fraction of sp³-hybridized carbons (Fsp3) is 0.200. The van der Waals surface area contributed by atoms with Crippen molar-refractivity contribution in [2.75, 3.05) is 17.7 Å². The molecule has 0 unspecified atom stereocenters. The number of alkyl halides is 9. The lowest BCUT2D eigenvalue weighted by molar-refractivity contribution is -0.143. The summed E-state index contributed by atoms with van der Waals surface area (Å²) in [6, 6.07) is 10.4. The SMILES string of the molecule is COc1ccc(NC(=O)c2cc(C)n(-c3ccc(NC(=O)c4ccc(C(F)(F)F)cc4C(F)(F)F)cc3C(F)(F)F)c2C)cc1. The topological polar surface area (TPSA) is 72.4 Å². The Hall–Kier alpha value is -4.95. The number of anilines is 2. The number of hydrogen-bond acceptors (Lipinski definition) is 3. The molecule has 2 N–H and O–H groups in total. The van der Waals surface area contributed by atoms with Gasteiger partial charge in [-0.25, -0.2) is 0 Å². The Morgan fingerprint density at radius 3 is 1.76 bits per heavy atom. The first kappa shape index (κ1) is 33.0. The summed E-state index contributed by atoms with van der Waals surface area (Å²) in [6.45, 7) is 2.87. The molecule has 4 aromatic rings. The van der Waals surface area contributed by atoms with Crippen LogP contribution >= 0.6 is 0 Å². The predicted octanol–water partition coefficient (Wildman–Crippen LogP) is 8.66. The quantitative estimate of drug-likeness (QED) is 0.207. The summed E-state index contributed by atoms with van der Waals surface area (Å²) in [5.74, 6) is -1.66. The van der Waals surface area contributed by atoms with Crippen LogP contribution in [0.4, 0.5) is 50.9 Å². The zero-order valence-electron chi connectivity index (χ0n) is 23.4. The monoisotopic (exact) mass is 643 g/mol. The minimum absolute atomic E-state index is 0.0517. The molecule has 15 heteroatoms. The highest BCUT2D eigenvalue weighted by atomic mass is 19.4. The van der Waals surface area contributed by atoms with Crippen molar-refractivity contribution in [2.24, 2.45) is 0 Å². The molecule has 0 spiro atoms. The number of benzene rings is 3. The number of carbonyl (C=O) groups excluding carboxylic acids is 2. The van der Waals surface area contributed by atoms with Crippen molar-refractivity contribution in [3.8, 4) is 11.4 Å². The highest BCUT2D eigenvalue weighted by molar-refractivity contribution is 6.06. The van der Waals surface area contributed by atoms with E-state index in [1.165, 1.54) is 27.0 Å². The molecule has 0 bridgehead atoms. The molecule has 0 atom stereocenters. The second-order valence-corrected chi connectivity index (χ2v) is 9.74. The van der Waals surface area contributed by atoms with E-state index in [2.05, 4.69) is 5.32 Å². The Balaban J connectivity index is 1.69. The minimum atomic E-state index is -5.38. The number of hydrogen-bond donors (Lipinski definition) is 2. The first-order valence-corrected chi connectivity index (χ1v) is 12.8. The first-order chi connectivity index (χ1) is 20.8. The maximum Gasteiger partial charge on any atom is 0.418 e. The standard InChI is InChI=1S/C30H22F9N3O3/c1-15-12-22(27(44)40-18-5-8-20(45-3)9-6-18)16(2)42(15)25-11-7-19(14-24(25)30(37,38)39)41-26(43)21-10-4-17(28(31,32)33)13-23(21)29(34,35)36/h4-14H,1-3H3,(H,40,44)(H,41,43). The third kappa shape index (κ3) is 7.07. The summed E-state index contributed by atoms with van der Waals surface area (Å²) in [5, 5.41) is 4.55. The fourth-order valence-corrected chi connectivity index (χ4v) is 4.62. The molecule has 0 saturated carbocycles. The molecule has 0 fully saturated rings. The van der Waals surface area contributed by atoms with E-state index in [1.807, 2.05) is 5.32 Å². The van der Waals surface area contributed by atoms with Crippen molar-refractivity contribution in [2.45, 2.75) is 32.4 Å². The van der Waals surface area contributed by atoms with E-state index < -0.39 is 64.0 Å². The van der Waals surface area contributed by atoms with Crippen molar-refractivity contribution in [1.29, 1.82) is 0 Å². The number of rotatable bonds is 6. The van der Waals surface area contributed by atoms with Crippen LogP contribution in [0.2, 0.25) is 0 Å². The van der Waals surface area contributed by atoms with E-state index in [-0.39, 0.29) is 29.1 Å². The molecular weight excluding hydrogens is 621 g/mol. The molecule has 2 amide bonds. The third-order valence-corrected chi connectivity index (χ3v) is 6.72. The molecule has 6 nitrogen and oxygen atoms in total. The van der Waals surface area contributed by atoms with E-state index in [9.17, 15) is 49.1 Å². The molecule has 4 rings (SSSR count). The van der Waals surface area contributed by atoms with Gasteiger partial charge in [-0.2, -0.15) is 39.5 Å². The second kappa shape index (κ2) is 11.9. The van der Waals surface area contributed by atoms with Crippen LogP contribution in [0.15, 0.2) is 66.7 Å². The highest BCUT2D eigenvalue weighted by Crippen LogP contribution is 2.39. The normalized spacial score (nSPS) is 12.2. The van der Waals surface area contributed by atoms with Gasteiger partial charge in [-0.3, -0.25) is 9.59 Å². The van der Waals surface area contributed by atoms with Crippen molar-refractivity contribution >= 4 is 23.2 Å². The molecule has 238 valence electrons. The lowest BCUT2D eigenvalue weighted by atomic mass is 10.0. The van der Waals surface area contributed by atoms with E-state index in [0.29, 0.717) is 23.6 Å².